The van der Waals surface area contributed by atoms with Gasteiger partial charge in [-0.1, -0.05) is 38.1 Å². The summed E-state index contributed by atoms with van der Waals surface area (Å²) in [4.78, 5) is 0. The van der Waals surface area contributed by atoms with Crippen LogP contribution in [0.15, 0.2) is 48.5 Å². The van der Waals surface area contributed by atoms with Crippen molar-refractivity contribution in [1.29, 1.82) is 0 Å². The molecule has 0 aliphatic carbocycles. The molecule has 2 heteroatoms. The Balaban J connectivity index is 0.000000704. The number of fused-ring (bicyclic) bond motifs is 2. The van der Waals surface area contributed by atoms with Gasteiger partial charge < -0.3 is 9.47 Å². The van der Waals surface area contributed by atoms with E-state index in [0.717, 1.165) is 22.3 Å². The van der Waals surface area contributed by atoms with Crippen molar-refractivity contribution in [2.75, 3.05) is 14.2 Å². The number of methoxy groups -OCH3 is 2. The third-order valence-corrected chi connectivity index (χ3v) is 3.24. The molecule has 0 heterocycles. The summed E-state index contributed by atoms with van der Waals surface area (Å²) < 4.78 is 10.8. The minimum absolute atomic E-state index is 0.889. The first-order valence-electron chi connectivity index (χ1n) is 6.87. The second-order valence-corrected chi connectivity index (χ2v) is 4.22. The molecule has 0 unspecified atom stereocenters. The fourth-order valence-electron chi connectivity index (χ4n) is 2.35. The largest absolute Gasteiger partial charge is 0.496 e. The monoisotopic (exact) mass is 268 g/mol. The average Bonchev–Trinajstić information content (AvgIpc) is 2.53. The summed E-state index contributed by atoms with van der Waals surface area (Å²) in [6.07, 6.45) is 0. The molecule has 0 saturated heterocycles. The molecule has 0 radical (unpaired) electrons. The van der Waals surface area contributed by atoms with Crippen LogP contribution in [-0.2, 0) is 0 Å². The van der Waals surface area contributed by atoms with E-state index in [1.165, 1.54) is 10.8 Å². The molecule has 3 aromatic rings. The van der Waals surface area contributed by atoms with Crippen LogP contribution >= 0.6 is 0 Å². The predicted molar refractivity (Wildman–Crippen MR) is 85.9 cm³/mol. The van der Waals surface area contributed by atoms with Crippen molar-refractivity contribution in [3.05, 3.63) is 48.5 Å². The highest BCUT2D eigenvalue weighted by Gasteiger charge is 2.06. The molecule has 0 aliphatic rings. The van der Waals surface area contributed by atoms with Crippen molar-refractivity contribution in [2.24, 2.45) is 0 Å². The highest BCUT2D eigenvalue weighted by molar-refractivity contribution is 6.03. The van der Waals surface area contributed by atoms with Crippen LogP contribution in [0.25, 0.3) is 21.5 Å². The van der Waals surface area contributed by atoms with Gasteiger partial charge in [-0.2, -0.15) is 0 Å². The maximum Gasteiger partial charge on any atom is 0.126 e. The standard InChI is InChI=1S/C16H14O2.C2H6/c1-17-15-7-3-5-11-9-12-6-4-8-16(18-2)14(12)10-13(11)15;1-2/h3-10H,1-2H3;1-2H3. The molecular weight excluding hydrogens is 248 g/mol. The van der Waals surface area contributed by atoms with Crippen LogP contribution in [0.2, 0.25) is 0 Å². The van der Waals surface area contributed by atoms with Crippen LogP contribution in [0, 0.1) is 0 Å². The van der Waals surface area contributed by atoms with Gasteiger partial charge in [-0.3, -0.25) is 0 Å². The maximum atomic E-state index is 5.41. The van der Waals surface area contributed by atoms with E-state index in [1.54, 1.807) is 14.2 Å². The lowest BCUT2D eigenvalue weighted by atomic mass is 10.0. The van der Waals surface area contributed by atoms with Crippen LogP contribution in [0.5, 0.6) is 11.5 Å². The topological polar surface area (TPSA) is 18.5 Å². The lowest BCUT2D eigenvalue weighted by molar-refractivity contribution is 0.419. The summed E-state index contributed by atoms with van der Waals surface area (Å²) in [5.41, 5.74) is 0. The molecule has 20 heavy (non-hydrogen) atoms. The molecule has 0 amide bonds. The number of benzene rings is 3. The highest BCUT2D eigenvalue weighted by atomic mass is 16.5. The van der Waals surface area contributed by atoms with Crippen LogP contribution in [0.1, 0.15) is 13.8 Å². The van der Waals surface area contributed by atoms with E-state index in [9.17, 15) is 0 Å². The van der Waals surface area contributed by atoms with Crippen molar-refractivity contribution >= 4 is 21.5 Å². The molecule has 0 fully saturated rings. The van der Waals surface area contributed by atoms with Gasteiger partial charge >= 0.3 is 0 Å². The van der Waals surface area contributed by atoms with Gasteiger partial charge in [-0.05, 0) is 35.0 Å². The lowest BCUT2D eigenvalue weighted by Gasteiger charge is -2.09. The molecule has 0 atom stereocenters. The first-order valence-corrected chi connectivity index (χ1v) is 6.87. The van der Waals surface area contributed by atoms with E-state index in [1.807, 2.05) is 38.1 Å². The second kappa shape index (κ2) is 6.29. The molecule has 0 aromatic heterocycles. The van der Waals surface area contributed by atoms with Gasteiger partial charge in [-0.25, -0.2) is 0 Å². The van der Waals surface area contributed by atoms with E-state index < -0.39 is 0 Å². The molecule has 0 bridgehead atoms. The summed E-state index contributed by atoms with van der Waals surface area (Å²) >= 11 is 0. The molecule has 0 saturated carbocycles. The van der Waals surface area contributed by atoms with Crippen molar-refractivity contribution in [1.82, 2.24) is 0 Å². The van der Waals surface area contributed by atoms with Crippen LogP contribution in [0.4, 0.5) is 0 Å². The van der Waals surface area contributed by atoms with Gasteiger partial charge in [0, 0.05) is 10.8 Å². The van der Waals surface area contributed by atoms with Crippen LogP contribution < -0.4 is 9.47 Å². The van der Waals surface area contributed by atoms with E-state index in [0.29, 0.717) is 0 Å². The normalized spacial score (nSPS) is 10.0. The molecule has 2 nitrogen and oxygen atoms in total. The van der Waals surface area contributed by atoms with Gasteiger partial charge in [0.25, 0.3) is 0 Å². The van der Waals surface area contributed by atoms with E-state index in [-0.39, 0.29) is 0 Å². The van der Waals surface area contributed by atoms with Crippen LogP contribution in [0.3, 0.4) is 0 Å². The Kier molecular flexibility index (Phi) is 4.46. The lowest BCUT2D eigenvalue weighted by Crippen LogP contribution is -1.87. The molecule has 0 N–H and O–H groups in total. The van der Waals surface area contributed by atoms with Crippen molar-refractivity contribution in [3.8, 4) is 11.5 Å². The Morgan fingerprint density at radius 2 is 1.10 bits per heavy atom. The van der Waals surface area contributed by atoms with Crippen LogP contribution in [-0.4, -0.2) is 14.2 Å². The Labute approximate surface area is 119 Å². The van der Waals surface area contributed by atoms with Crippen molar-refractivity contribution in [3.63, 3.8) is 0 Å². The van der Waals surface area contributed by atoms with Gasteiger partial charge in [0.1, 0.15) is 11.5 Å². The number of hydrogen-bond acceptors (Lipinski definition) is 2. The van der Waals surface area contributed by atoms with Gasteiger partial charge in [-0.15, -0.1) is 0 Å². The summed E-state index contributed by atoms with van der Waals surface area (Å²) in [5.74, 6) is 1.78. The third-order valence-electron chi connectivity index (χ3n) is 3.24. The SMILES string of the molecule is CC.COc1cccc2cc3cccc(OC)c3cc12. The average molecular weight is 268 g/mol. The molecular formula is C18H20O2. The smallest absolute Gasteiger partial charge is 0.126 e. The van der Waals surface area contributed by atoms with Gasteiger partial charge in [0.2, 0.25) is 0 Å². The minimum Gasteiger partial charge on any atom is -0.496 e. The maximum absolute atomic E-state index is 5.41. The quantitative estimate of drug-likeness (QED) is 0.606. The minimum atomic E-state index is 0.889. The zero-order valence-corrected chi connectivity index (χ0v) is 12.4. The van der Waals surface area contributed by atoms with Crippen molar-refractivity contribution < 1.29 is 9.47 Å². The van der Waals surface area contributed by atoms with E-state index >= 15 is 0 Å². The first kappa shape index (κ1) is 14.2. The van der Waals surface area contributed by atoms with E-state index in [4.69, 9.17) is 9.47 Å². The fraction of sp³-hybridized carbons (Fsp3) is 0.222. The summed E-state index contributed by atoms with van der Waals surface area (Å²) in [6.45, 7) is 4.00. The van der Waals surface area contributed by atoms with Gasteiger partial charge in [0.15, 0.2) is 0 Å². The van der Waals surface area contributed by atoms with Gasteiger partial charge in [0.05, 0.1) is 14.2 Å². The fourth-order valence-corrected chi connectivity index (χ4v) is 2.35. The number of hydrogen-bond donors (Lipinski definition) is 0. The zero-order chi connectivity index (χ0) is 14.5. The Morgan fingerprint density at radius 3 is 1.50 bits per heavy atom. The highest BCUT2D eigenvalue weighted by Crippen LogP contribution is 2.33. The Bertz CT molecular complexity index is 658. The molecule has 0 aliphatic heterocycles. The summed E-state index contributed by atoms with van der Waals surface area (Å²) in [7, 11) is 3.39. The van der Waals surface area contributed by atoms with E-state index in [2.05, 4.69) is 24.3 Å². The summed E-state index contributed by atoms with van der Waals surface area (Å²) in [6, 6.07) is 16.4. The second-order valence-electron chi connectivity index (χ2n) is 4.22. The third kappa shape index (κ3) is 2.42. The van der Waals surface area contributed by atoms with Crippen molar-refractivity contribution in [2.45, 2.75) is 13.8 Å². The first-order chi connectivity index (χ1) is 9.83. The zero-order valence-electron chi connectivity index (χ0n) is 12.4. The Morgan fingerprint density at radius 1 is 0.650 bits per heavy atom. The summed E-state index contributed by atoms with van der Waals surface area (Å²) in [5, 5.41) is 4.57. The predicted octanol–water partition coefficient (Wildman–Crippen LogP) is 5.04. The molecule has 0 spiro atoms. The molecule has 3 aromatic carbocycles. The number of rotatable bonds is 2. The Hall–Kier alpha value is -2.22. The number of ether oxygens (including phenoxy) is 2. The molecule has 3 rings (SSSR count). The molecule has 104 valence electrons.